The maximum absolute atomic E-state index is 12.2. The van der Waals surface area contributed by atoms with Gasteiger partial charge in [0.15, 0.2) is 0 Å². The number of aliphatic carboxylic acids is 1. The number of benzene rings is 1. The maximum Gasteiger partial charge on any atom is 0.310 e. The number of anilines is 1. The van der Waals surface area contributed by atoms with Gasteiger partial charge in [-0.3, -0.25) is 9.59 Å². The Labute approximate surface area is 122 Å². The first-order valence-electron chi connectivity index (χ1n) is 6.59. The van der Waals surface area contributed by atoms with E-state index in [0.717, 1.165) is 0 Å². The van der Waals surface area contributed by atoms with Gasteiger partial charge in [-0.05, 0) is 44.5 Å². The Balaban J connectivity index is 2.20. The second-order valence-corrected chi connectivity index (χ2v) is 4.97. The zero-order chi connectivity index (χ0) is 15.6. The number of carboxylic acids is 1. The van der Waals surface area contributed by atoms with E-state index in [1.165, 1.54) is 0 Å². The number of carboxylic acid groups (broad SMARTS) is 1. The van der Waals surface area contributed by atoms with Crippen molar-refractivity contribution in [3.05, 3.63) is 53.0 Å². The Morgan fingerprint density at radius 1 is 1.24 bits per heavy atom. The Hall–Kier alpha value is -2.56. The minimum Gasteiger partial charge on any atom is -0.481 e. The predicted octanol–water partition coefficient (Wildman–Crippen LogP) is 3.34. The Morgan fingerprint density at radius 3 is 2.52 bits per heavy atom. The van der Waals surface area contributed by atoms with Crippen LogP contribution in [0, 0.1) is 13.8 Å². The topological polar surface area (TPSA) is 79.5 Å². The zero-order valence-electron chi connectivity index (χ0n) is 12.1. The van der Waals surface area contributed by atoms with Crippen molar-refractivity contribution in [3.63, 3.8) is 0 Å². The first-order chi connectivity index (χ1) is 9.88. The first kappa shape index (κ1) is 14.8. The van der Waals surface area contributed by atoms with Crippen LogP contribution in [0.3, 0.4) is 0 Å². The maximum atomic E-state index is 12.2. The molecule has 5 nitrogen and oxygen atoms in total. The first-order valence-corrected chi connectivity index (χ1v) is 6.59. The summed E-state index contributed by atoms with van der Waals surface area (Å²) in [4.78, 5) is 23.2. The Bertz CT molecular complexity index is 687. The molecule has 0 aliphatic heterocycles. The van der Waals surface area contributed by atoms with E-state index >= 15 is 0 Å². The van der Waals surface area contributed by atoms with Crippen molar-refractivity contribution in [2.75, 3.05) is 5.32 Å². The molecule has 1 atom stereocenters. The second kappa shape index (κ2) is 5.83. The summed E-state index contributed by atoms with van der Waals surface area (Å²) >= 11 is 0. The summed E-state index contributed by atoms with van der Waals surface area (Å²) in [6, 6.07) is 8.51. The van der Waals surface area contributed by atoms with Gasteiger partial charge in [0, 0.05) is 5.69 Å². The molecule has 2 aromatic rings. The molecule has 110 valence electrons. The van der Waals surface area contributed by atoms with Crippen molar-refractivity contribution in [2.24, 2.45) is 0 Å². The average molecular weight is 287 g/mol. The molecule has 0 bridgehead atoms. The molecule has 21 heavy (non-hydrogen) atoms. The van der Waals surface area contributed by atoms with Crippen molar-refractivity contribution in [2.45, 2.75) is 26.7 Å². The number of amides is 1. The van der Waals surface area contributed by atoms with Crippen molar-refractivity contribution < 1.29 is 19.1 Å². The van der Waals surface area contributed by atoms with Crippen LogP contribution in [0.15, 0.2) is 34.7 Å². The molecular formula is C16H17NO4. The number of carbonyl (C=O) groups is 2. The lowest BCUT2D eigenvalue weighted by Gasteiger charge is -2.09. The molecule has 1 aromatic heterocycles. The lowest BCUT2D eigenvalue weighted by atomic mass is 10.0. The van der Waals surface area contributed by atoms with Crippen LogP contribution in [0.2, 0.25) is 0 Å². The summed E-state index contributed by atoms with van der Waals surface area (Å²) < 4.78 is 5.33. The highest BCUT2D eigenvalue weighted by atomic mass is 16.4. The normalized spacial score (nSPS) is 12.0. The smallest absolute Gasteiger partial charge is 0.310 e. The monoisotopic (exact) mass is 287 g/mol. The summed E-state index contributed by atoms with van der Waals surface area (Å²) in [6.45, 7) is 5.11. The molecule has 0 radical (unpaired) electrons. The number of aryl methyl sites for hydroxylation is 2. The number of nitrogens with one attached hydrogen (secondary N) is 1. The second-order valence-electron chi connectivity index (χ2n) is 4.97. The Kier molecular flexibility index (Phi) is 4.12. The van der Waals surface area contributed by atoms with Gasteiger partial charge in [-0.1, -0.05) is 12.1 Å². The molecule has 1 amide bonds. The lowest BCUT2D eigenvalue weighted by Crippen LogP contribution is -2.13. The van der Waals surface area contributed by atoms with E-state index in [9.17, 15) is 9.59 Å². The van der Waals surface area contributed by atoms with Gasteiger partial charge in [-0.15, -0.1) is 0 Å². The van der Waals surface area contributed by atoms with Crippen LogP contribution >= 0.6 is 0 Å². The molecule has 5 heteroatoms. The standard InChI is InChI=1S/C16H17NO4/c1-9-7-14(11(3)21-9)15(18)17-13-6-4-5-12(8-13)10(2)16(19)20/h4-8,10H,1-3H3,(H,17,18)(H,19,20)/t10-/m1/s1. The van der Waals surface area contributed by atoms with Crippen LogP contribution in [0.4, 0.5) is 5.69 Å². The third-order valence-electron chi connectivity index (χ3n) is 3.30. The van der Waals surface area contributed by atoms with Crippen molar-refractivity contribution >= 4 is 17.6 Å². The number of carbonyl (C=O) groups excluding carboxylic acids is 1. The fraction of sp³-hybridized carbons (Fsp3) is 0.250. The molecule has 1 aromatic carbocycles. The van der Waals surface area contributed by atoms with Crippen LogP contribution in [0.5, 0.6) is 0 Å². The van der Waals surface area contributed by atoms with Crippen LogP contribution in [-0.4, -0.2) is 17.0 Å². The molecule has 0 aliphatic carbocycles. The molecule has 2 N–H and O–H groups in total. The van der Waals surface area contributed by atoms with Crippen molar-refractivity contribution in [1.82, 2.24) is 0 Å². The molecule has 2 rings (SSSR count). The molecule has 0 saturated carbocycles. The number of hydrogen-bond donors (Lipinski definition) is 2. The highest BCUT2D eigenvalue weighted by Gasteiger charge is 2.16. The van der Waals surface area contributed by atoms with E-state index in [-0.39, 0.29) is 5.91 Å². The minimum absolute atomic E-state index is 0.274. The third kappa shape index (κ3) is 3.31. The average Bonchev–Trinajstić information content (AvgIpc) is 2.77. The SMILES string of the molecule is Cc1cc(C(=O)Nc2cccc([C@@H](C)C(=O)O)c2)c(C)o1. The van der Waals surface area contributed by atoms with Gasteiger partial charge in [0.1, 0.15) is 11.5 Å². The highest BCUT2D eigenvalue weighted by molar-refractivity contribution is 6.05. The van der Waals surface area contributed by atoms with Crippen LogP contribution < -0.4 is 5.32 Å². The van der Waals surface area contributed by atoms with Gasteiger partial charge >= 0.3 is 5.97 Å². The minimum atomic E-state index is -0.903. The fourth-order valence-electron chi connectivity index (χ4n) is 2.08. The van der Waals surface area contributed by atoms with Crippen LogP contribution in [0.1, 0.15) is 40.3 Å². The highest BCUT2D eigenvalue weighted by Crippen LogP contribution is 2.21. The van der Waals surface area contributed by atoms with E-state index in [1.54, 1.807) is 51.1 Å². The van der Waals surface area contributed by atoms with E-state index in [0.29, 0.717) is 28.3 Å². The van der Waals surface area contributed by atoms with Gasteiger partial charge in [0.05, 0.1) is 11.5 Å². The summed E-state index contributed by atoms with van der Waals surface area (Å²) in [6.07, 6.45) is 0. The number of rotatable bonds is 4. The summed E-state index contributed by atoms with van der Waals surface area (Å²) in [5.41, 5.74) is 1.67. The predicted molar refractivity (Wildman–Crippen MR) is 78.6 cm³/mol. The Morgan fingerprint density at radius 2 is 1.95 bits per heavy atom. The van der Waals surface area contributed by atoms with Crippen LogP contribution in [-0.2, 0) is 4.79 Å². The molecular weight excluding hydrogens is 270 g/mol. The quantitative estimate of drug-likeness (QED) is 0.903. The molecule has 0 unspecified atom stereocenters. The van der Waals surface area contributed by atoms with Gasteiger partial charge in [0.2, 0.25) is 0 Å². The molecule has 1 heterocycles. The summed E-state index contributed by atoms with van der Waals surface area (Å²) in [7, 11) is 0. The fourth-order valence-corrected chi connectivity index (χ4v) is 2.08. The van der Waals surface area contributed by atoms with Crippen LogP contribution in [0.25, 0.3) is 0 Å². The number of hydrogen-bond acceptors (Lipinski definition) is 3. The molecule has 0 fully saturated rings. The third-order valence-corrected chi connectivity index (χ3v) is 3.30. The molecule has 0 aliphatic rings. The molecule has 0 spiro atoms. The van der Waals surface area contributed by atoms with E-state index in [1.807, 2.05) is 0 Å². The number of furan rings is 1. The summed E-state index contributed by atoms with van der Waals surface area (Å²) in [5, 5.41) is 11.8. The van der Waals surface area contributed by atoms with Gasteiger partial charge in [-0.2, -0.15) is 0 Å². The zero-order valence-corrected chi connectivity index (χ0v) is 12.1. The molecule has 0 saturated heterocycles. The van der Waals surface area contributed by atoms with Gasteiger partial charge < -0.3 is 14.8 Å². The van der Waals surface area contributed by atoms with Crippen molar-refractivity contribution in [3.8, 4) is 0 Å². The van der Waals surface area contributed by atoms with Gasteiger partial charge in [0.25, 0.3) is 5.91 Å². The van der Waals surface area contributed by atoms with Gasteiger partial charge in [-0.25, -0.2) is 0 Å². The van der Waals surface area contributed by atoms with E-state index < -0.39 is 11.9 Å². The largest absolute Gasteiger partial charge is 0.481 e. The van der Waals surface area contributed by atoms with Crippen molar-refractivity contribution in [1.29, 1.82) is 0 Å². The van der Waals surface area contributed by atoms with E-state index in [4.69, 9.17) is 9.52 Å². The van der Waals surface area contributed by atoms with E-state index in [2.05, 4.69) is 5.32 Å². The lowest BCUT2D eigenvalue weighted by molar-refractivity contribution is -0.138. The summed E-state index contributed by atoms with van der Waals surface area (Å²) in [5.74, 6) is -0.574.